The maximum Gasteiger partial charge on any atom is -0.0323 e. The zero-order valence-corrected chi connectivity index (χ0v) is 10.3. The summed E-state index contributed by atoms with van der Waals surface area (Å²) in [7, 11) is 0. The molecule has 0 aliphatic heterocycles. The van der Waals surface area contributed by atoms with Crippen molar-refractivity contribution in [2.24, 2.45) is 23.7 Å². The van der Waals surface area contributed by atoms with Crippen molar-refractivity contribution < 1.29 is 0 Å². The average Bonchev–Trinajstić information content (AvgIpc) is 2.10. The zero-order valence-electron chi connectivity index (χ0n) is 10.3. The third-order valence-electron chi connectivity index (χ3n) is 4.18. The maximum atomic E-state index is 3.99. The van der Waals surface area contributed by atoms with E-state index in [2.05, 4.69) is 34.3 Å². The van der Waals surface area contributed by atoms with Crippen LogP contribution >= 0.6 is 0 Å². The van der Waals surface area contributed by atoms with E-state index in [4.69, 9.17) is 0 Å². The second-order valence-corrected chi connectivity index (χ2v) is 5.65. The Morgan fingerprint density at radius 2 is 1.64 bits per heavy atom. The Morgan fingerprint density at radius 3 is 2.07 bits per heavy atom. The fourth-order valence-corrected chi connectivity index (χ4v) is 2.82. The lowest BCUT2D eigenvalue weighted by atomic mass is 9.69. The summed E-state index contributed by atoms with van der Waals surface area (Å²) in [5.41, 5.74) is 1.35. The quantitative estimate of drug-likeness (QED) is 0.573. The van der Waals surface area contributed by atoms with Crippen LogP contribution in [0.5, 0.6) is 0 Å². The van der Waals surface area contributed by atoms with Gasteiger partial charge < -0.3 is 0 Å². The van der Waals surface area contributed by atoms with E-state index in [0.29, 0.717) is 0 Å². The number of hydrogen-bond acceptors (Lipinski definition) is 0. The molecule has 1 aliphatic carbocycles. The van der Waals surface area contributed by atoms with E-state index in [9.17, 15) is 0 Å². The van der Waals surface area contributed by atoms with Crippen molar-refractivity contribution in [1.82, 2.24) is 0 Å². The molecule has 0 spiro atoms. The number of hydrogen-bond donors (Lipinski definition) is 0. The minimum Gasteiger partial charge on any atom is -0.100 e. The van der Waals surface area contributed by atoms with Crippen molar-refractivity contribution in [3.05, 3.63) is 12.2 Å². The first kappa shape index (κ1) is 11.8. The molecule has 0 aromatic heterocycles. The molecule has 0 nitrogen and oxygen atoms in total. The van der Waals surface area contributed by atoms with Gasteiger partial charge in [-0.3, -0.25) is 0 Å². The van der Waals surface area contributed by atoms with Crippen molar-refractivity contribution in [2.45, 2.75) is 53.4 Å². The summed E-state index contributed by atoms with van der Waals surface area (Å²) in [4.78, 5) is 0. The summed E-state index contributed by atoms with van der Waals surface area (Å²) in [5.74, 6) is 3.74. The minimum atomic E-state index is 0.925. The van der Waals surface area contributed by atoms with Crippen molar-refractivity contribution in [2.75, 3.05) is 0 Å². The highest BCUT2D eigenvalue weighted by molar-refractivity contribution is 4.89. The van der Waals surface area contributed by atoms with Gasteiger partial charge in [-0.25, -0.2) is 0 Å². The third kappa shape index (κ3) is 3.15. The number of allylic oxidation sites excluding steroid dienone is 1. The van der Waals surface area contributed by atoms with Crippen LogP contribution in [0.3, 0.4) is 0 Å². The van der Waals surface area contributed by atoms with Crippen LogP contribution < -0.4 is 0 Å². The molecule has 1 aliphatic rings. The molecule has 0 N–H and O–H groups in total. The Bertz CT molecular complexity index is 180. The van der Waals surface area contributed by atoms with Crippen molar-refractivity contribution in [3.63, 3.8) is 0 Å². The minimum absolute atomic E-state index is 0.925. The Morgan fingerprint density at radius 1 is 1.14 bits per heavy atom. The van der Waals surface area contributed by atoms with E-state index in [1.807, 2.05) is 0 Å². The van der Waals surface area contributed by atoms with Crippen molar-refractivity contribution in [3.8, 4) is 0 Å². The number of rotatable bonds is 3. The summed E-state index contributed by atoms with van der Waals surface area (Å²) in [5, 5.41) is 0. The van der Waals surface area contributed by atoms with Gasteiger partial charge in [0, 0.05) is 0 Å². The Hall–Kier alpha value is -0.260. The van der Waals surface area contributed by atoms with E-state index < -0.39 is 0 Å². The monoisotopic (exact) mass is 194 g/mol. The first-order valence-electron chi connectivity index (χ1n) is 6.15. The van der Waals surface area contributed by atoms with Crippen LogP contribution in [0.25, 0.3) is 0 Å². The summed E-state index contributed by atoms with van der Waals surface area (Å²) in [6.07, 6.45) is 5.49. The molecule has 1 saturated carbocycles. The van der Waals surface area contributed by atoms with Gasteiger partial charge in [0.1, 0.15) is 0 Å². The molecule has 82 valence electrons. The second kappa shape index (κ2) is 5.00. The van der Waals surface area contributed by atoms with E-state index >= 15 is 0 Å². The second-order valence-electron chi connectivity index (χ2n) is 5.65. The highest BCUT2D eigenvalue weighted by atomic mass is 14.3. The fourth-order valence-electron chi connectivity index (χ4n) is 2.82. The molecular weight excluding hydrogens is 168 g/mol. The third-order valence-corrected chi connectivity index (χ3v) is 4.18. The fraction of sp³-hybridized carbons (Fsp3) is 0.857. The SMILES string of the molecule is C=C(C)CCC1CC(C)C(C)C(C)C1. The van der Waals surface area contributed by atoms with Crippen LogP contribution in [0, 0.1) is 23.7 Å². The largest absolute Gasteiger partial charge is 0.100 e. The summed E-state index contributed by atoms with van der Waals surface area (Å²) < 4.78 is 0. The molecule has 0 amide bonds. The first-order valence-corrected chi connectivity index (χ1v) is 6.15. The Labute approximate surface area is 89.8 Å². The van der Waals surface area contributed by atoms with Crippen molar-refractivity contribution in [1.29, 1.82) is 0 Å². The van der Waals surface area contributed by atoms with Crippen LogP contribution in [-0.4, -0.2) is 0 Å². The summed E-state index contributed by atoms with van der Waals surface area (Å²) in [6, 6.07) is 0. The molecule has 0 heterocycles. The molecule has 0 radical (unpaired) electrons. The van der Waals surface area contributed by atoms with Crippen LogP contribution in [-0.2, 0) is 0 Å². The van der Waals surface area contributed by atoms with E-state index in [1.54, 1.807) is 0 Å². The molecule has 0 aromatic carbocycles. The maximum absolute atomic E-state index is 3.99. The predicted octanol–water partition coefficient (Wildman–Crippen LogP) is 4.66. The standard InChI is InChI=1S/C14H26/c1-10(2)6-7-14-8-11(3)13(5)12(4)9-14/h11-14H,1,6-9H2,2-5H3. The molecular formula is C14H26. The highest BCUT2D eigenvalue weighted by Crippen LogP contribution is 2.39. The van der Waals surface area contributed by atoms with Gasteiger partial charge in [0.15, 0.2) is 0 Å². The van der Waals surface area contributed by atoms with Crippen LogP contribution in [0.2, 0.25) is 0 Å². The lowest BCUT2D eigenvalue weighted by Gasteiger charge is -2.37. The molecule has 2 unspecified atom stereocenters. The molecule has 1 rings (SSSR count). The average molecular weight is 194 g/mol. The van der Waals surface area contributed by atoms with Gasteiger partial charge in [0.2, 0.25) is 0 Å². The Balaban J connectivity index is 2.38. The topological polar surface area (TPSA) is 0 Å². The van der Waals surface area contributed by atoms with Crippen LogP contribution in [0.1, 0.15) is 53.4 Å². The highest BCUT2D eigenvalue weighted by Gasteiger charge is 2.29. The Kier molecular flexibility index (Phi) is 4.22. The lowest BCUT2D eigenvalue weighted by molar-refractivity contribution is 0.136. The van der Waals surface area contributed by atoms with Crippen LogP contribution in [0.4, 0.5) is 0 Å². The predicted molar refractivity (Wildman–Crippen MR) is 64.3 cm³/mol. The molecule has 0 saturated heterocycles. The summed E-state index contributed by atoms with van der Waals surface area (Å²) >= 11 is 0. The van der Waals surface area contributed by atoms with Crippen LogP contribution in [0.15, 0.2) is 12.2 Å². The first-order chi connectivity index (χ1) is 6.50. The lowest BCUT2D eigenvalue weighted by Crippen LogP contribution is -2.27. The van der Waals surface area contributed by atoms with E-state index in [1.165, 1.54) is 31.3 Å². The molecule has 0 heteroatoms. The van der Waals surface area contributed by atoms with Gasteiger partial charge in [0.05, 0.1) is 0 Å². The van der Waals surface area contributed by atoms with Gasteiger partial charge in [-0.1, -0.05) is 26.3 Å². The summed E-state index contributed by atoms with van der Waals surface area (Å²) in [6.45, 7) is 13.4. The molecule has 0 bridgehead atoms. The molecule has 14 heavy (non-hydrogen) atoms. The zero-order chi connectivity index (χ0) is 10.7. The van der Waals surface area contributed by atoms with Crippen molar-refractivity contribution >= 4 is 0 Å². The van der Waals surface area contributed by atoms with Gasteiger partial charge in [-0.15, -0.1) is 6.58 Å². The van der Waals surface area contributed by atoms with Gasteiger partial charge in [0.25, 0.3) is 0 Å². The van der Waals surface area contributed by atoms with E-state index in [0.717, 1.165) is 23.7 Å². The molecule has 1 fully saturated rings. The van der Waals surface area contributed by atoms with Gasteiger partial charge in [-0.05, 0) is 56.3 Å². The van der Waals surface area contributed by atoms with Gasteiger partial charge >= 0.3 is 0 Å². The smallest absolute Gasteiger partial charge is 0.0323 e. The molecule has 2 atom stereocenters. The van der Waals surface area contributed by atoms with E-state index in [-0.39, 0.29) is 0 Å². The molecule has 0 aromatic rings. The van der Waals surface area contributed by atoms with Gasteiger partial charge in [-0.2, -0.15) is 0 Å². The normalized spacial score (nSPS) is 38.3.